The lowest BCUT2D eigenvalue weighted by Gasteiger charge is -2.21. The minimum Gasteiger partial charge on any atom is -0.349 e. The molecule has 0 saturated heterocycles. The van der Waals surface area contributed by atoms with E-state index in [1.807, 2.05) is 6.42 Å². The fraction of sp³-hybridized carbons (Fsp3) is 0.818. The van der Waals surface area contributed by atoms with E-state index in [2.05, 4.69) is 0 Å². The van der Waals surface area contributed by atoms with Gasteiger partial charge in [0.1, 0.15) is 0 Å². The van der Waals surface area contributed by atoms with Gasteiger partial charge in [0.25, 0.3) is 0 Å². The second-order valence-corrected chi connectivity index (χ2v) is 4.18. The molecule has 1 radical (unpaired) electrons. The van der Waals surface area contributed by atoms with Gasteiger partial charge in [-0.05, 0) is 12.3 Å². The molecule has 1 fully saturated rings. The van der Waals surface area contributed by atoms with Gasteiger partial charge >= 0.3 is 0 Å². The molecule has 0 aliphatic heterocycles. The van der Waals surface area contributed by atoms with Gasteiger partial charge in [-0.25, -0.2) is 0 Å². The number of hydrogen-bond donors (Lipinski definition) is 0. The molecule has 1 aliphatic carbocycles. The van der Waals surface area contributed by atoms with Crippen LogP contribution in [0.2, 0.25) is 0 Å². The second kappa shape index (κ2) is 5.25. The highest BCUT2D eigenvalue weighted by Gasteiger charge is 2.15. The summed E-state index contributed by atoms with van der Waals surface area (Å²) in [7, 11) is 3.61. The zero-order valence-corrected chi connectivity index (χ0v) is 8.75. The molecule has 0 bridgehead atoms. The molecule has 1 aliphatic rings. The van der Waals surface area contributed by atoms with Gasteiger partial charge < -0.3 is 4.90 Å². The van der Waals surface area contributed by atoms with E-state index in [1.54, 1.807) is 19.0 Å². The van der Waals surface area contributed by atoms with Gasteiger partial charge in [-0.15, -0.1) is 0 Å². The van der Waals surface area contributed by atoms with Crippen molar-refractivity contribution in [3.63, 3.8) is 0 Å². The minimum atomic E-state index is 0.158. The maximum Gasteiger partial charge on any atom is 0.225 e. The summed E-state index contributed by atoms with van der Waals surface area (Å²) in [6.45, 7) is 0. The smallest absolute Gasteiger partial charge is 0.225 e. The summed E-state index contributed by atoms with van der Waals surface area (Å²) in [5, 5.41) is 0. The molecule has 2 heteroatoms. The molecule has 75 valence electrons. The highest BCUT2D eigenvalue weighted by molar-refractivity contribution is 5.84. The maximum absolute atomic E-state index is 11.3. The third kappa shape index (κ3) is 3.79. The Morgan fingerprint density at radius 2 is 1.92 bits per heavy atom. The number of rotatable bonds is 3. The first-order valence-electron chi connectivity index (χ1n) is 5.24. The van der Waals surface area contributed by atoms with Gasteiger partial charge in [-0.3, -0.25) is 4.79 Å². The van der Waals surface area contributed by atoms with Crippen LogP contribution in [0.15, 0.2) is 0 Å². The Kier molecular flexibility index (Phi) is 4.26. The van der Waals surface area contributed by atoms with Crippen LogP contribution in [0.5, 0.6) is 0 Å². The lowest BCUT2D eigenvalue weighted by Crippen LogP contribution is -2.23. The molecule has 0 aromatic heterocycles. The standard InChI is InChI=1S/C11H20NO/c1-12(2)11(13)9-8-10-6-4-3-5-7-10/h9-10H,3-8H2,1-2H3. The minimum absolute atomic E-state index is 0.158. The van der Waals surface area contributed by atoms with Crippen molar-refractivity contribution in [2.45, 2.75) is 38.5 Å². The molecule has 1 amide bonds. The Labute approximate surface area is 81.3 Å². The van der Waals surface area contributed by atoms with Crippen LogP contribution in [-0.2, 0) is 4.79 Å². The van der Waals surface area contributed by atoms with E-state index >= 15 is 0 Å². The topological polar surface area (TPSA) is 20.3 Å². The number of carbonyl (C=O) groups excluding carboxylic acids is 1. The Morgan fingerprint density at radius 1 is 1.31 bits per heavy atom. The summed E-state index contributed by atoms with van der Waals surface area (Å²) >= 11 is 0. The molecule has 0 N–H and O–H groups in total. The lowest BCUT2D eigenvalue weighted by molar-refractivity contribution is -0.125. The monoisotopic (exact) mass is 182 g/mol. The fourth-order valence-corrected chi connectivity index (χ4v) is 1.87. The van der Waals surface area contributed by atoms with Crippen molar-refractivity contribution >= 4 is 5.91 Å². The molecule has 0 heterocycles. The molecule has 0 atom stereocenters. The van der Waals surface area contributed by atoms with Crippen molar-refractivity contribution in [1.29, 1.82) is 0 Å². The summed E-state index contributed by atoms with van der Waals surface area (Å²) < 4.78 is 0. The number of carbonyl (C=O) groups is 1. The highest BCUT2D eigenvalue weighted by Crippen LogP contribution is 2.26. The SMILES string of the molecule is CN(C)C(=O)[CH]CC1CCCCC1. The molecule has 0 aromatic rings. The summed E-state index contributed by atoms with van der Waals surface area (Å²) in [4.78, 5) is 12.9. The van der Waals surface area contributed by atoms with Crippen molar-refractivity contribution in [1.82, 2.24) is 4.90 Å². The van der Waals surface area contributed by atoms with Crippen LogP contribution in [0.3, 0.4) is 0 Å². The third-order valence-electron chi connectivity index (χ3n) is 2.79. The highest BCUT2D eigenvalue weighted by atomic mass is 16.2. The first-order valence-corrected chi connectivity index (χ1v) is 5.24. The molecule has 0 spiro atoms. The Morgan fingerprint density at radius 3 is 2.46 bits per heavy atom. The number of hydrogen-bond acceptors (Lipinski definition) is 1. The van der Waals surface area contributed by atoms with Crippen LogP contribution in [0.25, 0.3) is 0 Å². The fourth-order valence-electron chi connectivity index (χ4n) is 1.87. The van der Waals surface area contributed by atoms with Crippen molar-refractivity contribution in [3.05, 3.63) is 6.42 Å². The predicted molar refractivity (Wildman–Crippen MR) is 54.2 cm³/mol. The van der Waals surface area contributed by atoms with Crippen LogP contribution in [0.1, 0.15) is 38.5 Å². The van der Waals surface area contributed by atoms with Crippen molar-refractivity contribution < 1.29 is 4.79 Å². The lowest BCUT2D eigenvalue weighted by atomic mass is 9.86. The van der Waals surface area contributed by atoms with Gasteiger partial charge in [0, 0.05) is 20.5 Å². The van der Waals surface area contributed by atoms with E-state index in [-0.39, 0.29) is 5.91 Å². The van der Waals surface area contributed by atoms with Gasteiger partial charge in [0.05, 0.1) is 0 Å². The van der Waals surface area contributed by atoms with Gasteiger partial charge in [-0.2, -0.15) is 0 Å². The molecule has 0 unspecified atom stereocenters. The summed E-state index contributed by atoms with van der Waals surface area (Å²) in [5.74, 6) is 0.934. The number of amides is 1. The van der Waals surface area contributed by atoms with E-state index in [0.717, 1.165) is 12.3 Å². The van der Waals surface area contributed by atoms with Crippen LogP contribution < -0.4 is 0 Å². The molecule has 1 saturated carbocycles. The molecular weight excluding hydrogens is 162 g/mol. The van der Waals surface area contributed by atoms with Gasteiger partial charge in [0.2, 0.25) is 5.91 Å². The van der Waals surface area contributed by atoms with E-state index in [0.29, 0.717) is 0 Å². The average Bonchev–Trinajstić information content (AvgIpc) is 2.15. The summed E-state index contributed by atoms with van der Waals surface area (Å²) in [6, 6.07) is 0. The summed E-state index contributed by atoms with van der Waals surface area (Å²) in [5.41, 5.74) is 0. The van der Waals surface area contributed by atoms with Crippen molar-refractivity contribution in [2.24, 2.45) is 5.92 Å². The zero-order chi connectivity index (χ0) is 9.68. The van der Waals surface area contributed by atoms with E-state index in [9.17, 15) is 4.79 Å². The predicted octanol–water partition coefficient (Wildman–Crippen LogP) is 2.25. The van der Waals surface area contributed by atoms with Crippen LogP contribution in [0.4, 0.5) is 0 Å². The second-order valence-electron chi connectivity index (χ2n) is 4.18. The van der Waals surface area contributed by atoms with E-state index in [4.69, 9.17) is 0 Å². The maximum atomic E-state index is 11.3. The molecule has 1 rings (SSSR count). The summed E-state index contributed by atoms with van der Waals surface area (Å²) in [6.07, 6.45) is 9.56. The quantitative estimate of drug-likeness (QED) is 0.655. The van der Waals surface area contributed by atoms with E-state index < -0.39 is 0 Å². The normalized spacial score (nSPS) is 18.6. The first kappa shape index (κ1) is 10.6. The first-order chi connectivity index (χ1) is 6.20. The molecule has 2 nitrogen and oxygen atoms in total. The average molecular weight is 182 g/mol. The van der Waals surface area contributed by atoms with Crippen molar-refractivity contribution in [3.8, 4) is 0 Å². The Hall–Kier alpha value is -0.530. The van der Waals surface area contributed by atoms with Crippen molar-refractivity contribution in [2.75, 3.05) is 14.1 Å². The van der Waals surface area contributed by atoms with Crippen LogP contribution in [-0.4, -0.2) is 24.9 Å². The van der Waals surface area contributed by atoms with Gasteiger partial charge in [-0.1, -0.05) is 32.1 Å². The van der Waals surface area contributed by atoms with Crippen LogP contribution >= 0.6 is 0 Å². The zero-order valence-electron chi connectivity index (χ0n) is 8.75. The largest absolute Gasteiger partial charge is 0.349 e. The molecular formula is C11H20NO. The van der Waals surface area contributed by atoms with Crippen LogP contribution in [0, 0.1) is 12.3 Å². The Bertz CT molecular complexity index is 159. The molecule has 0 aromatic carbocycles. The number of nitrogens with zero attached hydrogens (tertiary/aromatic N) is 1. The molecule has 13 heavy (non-hydrogen) atoms. The third-order valence-corrected chi connectivity index (χ3v) is 2.79. The van der Waals surface area contributed by atoms with E-state index in [1.165, 1.54) is 32.1 Å². The van der Waals surface area contributed by atoms with Gasteiger partial charge in [0.15, 0.2) is 0 Å². The Balaban J connectivity index is 2.13.